The molecule has 40 atom stereocenters. The quantitative estimate of drug-likeness (QED) is 0.0252. The molecule has 4 amide bonds. The number of amides is 4. The molecule has 0 aliphatic carbocycles. The van der Waals surface area contributed by atoms with Crippen molar-refractivity contribution < 1.29 is 232 Å². The van der Waals surface area contributed by atoms with Gasteiger partial charge in [0.05, 0.1) is 108 Å². The van der Waals surface area contributed by atoms with Gasteiger partial charge in [-0.25, -0.2) is 14.4 Å². The number of ketones is 1. The van der Waals surface area contributed by atoms with Crippen LogP contribution in [-0.2, 0) is 105 Å². The minimum Gasteiger partial charge on any atom is -0.477 e. The molecular weight excluding hydrogens is 1910 g/mol. The topological polar surface area (TPSA) is 820 Å². The van der Waals surface area contributed by atoms with E-state index in [0.29, 0.717) is 12.8 Å². The summed E-state index contributed by atoms with van der Waals surface area (Å²) in [6.45, 7) is -2.03. The first kappa shape index (κ1) is 124. The Morgan fingerprint density at radius 3 is 1.14 bits per heavy atom. The number of hydrogen-bond donors (Lipinski definition) is 29. The molecule has 0 bridgehead atoms. The highest BCUT2D eigenvalue weighted by Crippen LogP contribution is 2.46. The van der Waals surface area contributed by atoms with Gasteiger partial charge in [0.15, 0.2) is 25.2 Å². The minimum atomic E-state index is -3.79. The van der Waals surface area contributed by atoms with Gasteiger partial charge in [0.2, 0.25) is 23.6 Å². The van der Waals surface area contributed by atoms with Crippen molar-refractivity contribution in [3.63, 3.8) is 0 Å². The summed E-state index contributed by atoms with van der Waals surface area (Å²) in [5.74, 6) is -23.8. The number of carbonyl (C=O) groups excluding carboxylic acids is 5. The van der Waals surface area contributed by atoms with Crippen LogP contribution in [0, 0.1) is 5.92 Å². The van der Waals surface area contributed by atoms with Crippen LogP contribution in [0.1, 0.15) is 234 Å². The zero-order valence-corrected chi connectivity index (χ0v) is 81.9. The Morgan fingerprint density at radius 2 is 0.727 bits per heavy atom. The third kappa shape index (κ3) is 34.3. The highest BCUT2D eigenvalue weighted by atomic mass is 16.8. The Hall–Kier alpha value is -5.48. The van der Waals surface area contributed by atoms with Crippen LogP contribution in [0.25, 0.3) is 0 Å². The second-order valence-electron chi connectivity index (χ2n) is 38.5. The summed E-state index contributed by atoms with van der Waals surface area (Å²) in [5.41, 5.74) is 0. The lowest BCUT2D eigenvalue weighted by Crippen LogP contribution is -2.72. The Kier molecular flexibility index (Phi) is 52.7. The predicted octanol–water partition coefficient (Wildman–Crippen LogP) is -6.94. The summed E-state index contributed by atoms with van der Waals surface area (Å²) in [6, 6.07) is -6.98. The first-order chi connectivity index (χ1) is 67.9. The van der Waals surface area contributed by atoms with Crippen LogP contribution in [0.15, 0.2) is 0 Å². The van der Waals surface area contributed by atoms with E-state index in [2.05, 4.69) is 35.1 Å². The van der Waals surface area contributed by atoms with E-state index in [0.717, 1.165) is 111 Å². The maximum atomic E-state index is 14.6. The average Bonchev–Trinajstić information content (AvgIpc) is 0.745. The van der Waals surface area contributed by atoms with Gasteiger partial charge in [-0.1, -0.05) is 162 Å². The number of Topliss-reactive ketones (excluding diaryl/α,β-unsaturated/α-hetero) is 1. The second kappa shape index (κ2) is 60.5. The van der Waals surface area contributed by atoms with Crippen molar-refractivity contribution in [2.24, 2.45) is 5.92 Å². The van der Waals surface area contributed by atoms with Crippen LogP contribution in [0.5, 0.6) is 0 Å². The SMILES string of the molecule is CCCCCCCCCCCCCCCC(O)C(COC1OC(CO)C(OC2OC(CO)C(OC3OC(CO)C(O)C(OC4OC(CO)C(O)C(OC5(C(=O)O)CC(O)C(NC(C)=O)C(C(O)C(O)CO)O5)C4O)C3CC(C)=O)C(OC3(C(=O)O)CC(O)C(NC(C)=O)C(C(O)C(CO)OC4(C(=O)O)CC(O)C(NC(C)=O)C(C(O)C(O)CO)O4)O3)C2O)C(O)C1O)NC(=O)CCCCCCCCCCCCC. The van der Waals surface area contributed by atoms with Gasteiger partial charge >= 0.3 is 17.9 Å². The molecule has 7 rings (SSSR count). The molecule has 0 aromatic heterocycles. The largest absolute Gasteiger partial charge is 0.477 e. The average molecular weight is 2070 g/mol. The Morgan fingerprint density at radius 1 is 0.371 bits per heavy atom. The van der Waals surface area contributed by atoms with Gasteiger partial charge in [-0.2, -0.15) is 0 Å². The van der Waals surface area contributed by atoms with Crippen LogP contribution >= 0.6 is 0 Å². The molecule has 0 aromatic carbocycles. The molecule has 0 aromatic rings. The van der Waals surface area contributed by atoms with Crippen LogP contribution < -0.4 is 21.3 Å². The van der Waals surface area contributed by atoms with Gasteiger partial charge < -0.3 is 220 Å². The van der Waals surface area contributed by atoms with Crippen LogP contribution in [0.2, 0.25) is 0 Å². The monoisotopic (exact) mass is 2070 g/mol. The maximum absolute atomic E-state index is 14.6. The number of nitrogens with one attached hydrogen (secondary N) is 4. The molecule has 7 fully saturated rings. The maximum Gasteiger partial charge on any atom is 0.364 e. The number of carbonyl (C=O) groups is 8. The Balaban J connectivity index is 1.27. The summed E-state index contributed by atoms with van der Waals surface area (Å²) in [5, 5.41) is 296. The van der Waals surface area contributed by atoms with E-state index in [1.165, 1.54) is 57.8 Å². The van der Waals surface area contributed by atoms with Crippen LogP contribution in [0.4, 0.5) is 0 Å². The predicted molar refractivity (Wildman–Crippen MR) is 484 cm³/mol. The molecule has 7 heterocycles. The number of carboxylic acids is 3. The number of hydrogen-bond acceptors (Lipinski definition) is 44. The standard InChI is InChI=1S/C92H160N4O47/c1-7-9-11-13-15-17-19-20-22-23-25-27-29-31-51(108)50(96-62(114)32-30-28-26-24-21-18-16-14-12-10-8-2)44-130-84-72(121)71(120)76(60(42-102)133-84)136-86-74(123)82(143-92(89(128)129)36-54(111)65(95-48(6)107)80(141-92)70(119)59(41-101)138-90(87(124)125)34-52(109)63(93-46(4)105)78(139-90)66(115)55(112)37-97)77(61(43-103)134-86)137-83-49(33-45(3)104)75(68(117)57(39-99)131-83)135-85-73(122)81(69(118)58(40-100)132-85)142-91(88(126)127)35-53(110)64(94-47(5)106)79(140-91)67(116)56(113)38-98/h49-61,63-86,97-103,108-113,115-123H,7-44H2,1-6H3,(H,93,105)(H,94,106)(H,95,107)(H,96,114)(H,124,125)(H,126,127)(H,128,129). The lowest BCUT2D eigenvalue weighted by Gasteiger charge is -2.53. The normalized spacial score (nSPS) is 36.1. The van der Waals surface area contributed by atoms with Crippen molar-refractivity contribution >= 4 is 47.3 Å². The third-order valence-corrected chi connectivity index (χ3v) is 27.2. The van der Waals surface area contributed by atoms with E-state index in [9.17, 15) is 166 Å². The molecule has 29 N–H and O–H groups in total. The lowest BCUT2D eigenvalue weighted by atomic mass is 9.86. The van der Waals surface area contributed by atoms with E-state index in [-0.39, 0.29) is 12.8 Å². The van der Waals surface area contributed by atoms with E-state index in [4.69, 9.17) is 66.3 Å². The van der Waals surface area contributed by atoms with Crippen LogP contribution in [-0.4, -0.2) is 465 Å². The van der Waals surface area contributed by atoms with Crippen molar-refractivity contribution in [1.29, 1.82) is 0 Å². The Bertz CT molecular complexity index is 3790. The van der Waals surface area contributed by atoms with Gasteiger partial charge in [0, 0.05) is 58.8 Å². The van der Waals surface area contributed by atoms with E-state index in [1.807, 2.05) is 0 Å². The lowest BCUT2D eigenvalue weighted by molar-refractivity contribution is -0.409. The van der Waals surface area contributed by atoms with E-state index >= 15 is 0 Å². The fourth-order valence-electron chi connectivity index (χ4n) is 19.3. The zero-order valence-electron chi connectivity index (χ0n) is 81.9. The fraction of sp³-hybridized carbons (Fsp3) is 0.913. The molecule has 0 radical (unpaired) electrons. The molecule has 830 valence electrons. The summed E-state index contributed by atoms with van der Waals surface area (Å²) in [7, 11) is 0. The molecule has 51 nitrogen and oxygen atoms in total. The summed E-state index contributed by atoms with van der Waals surface area (Å²) < 4.78 is 84.9. The molecule has 7 saturated heterocycles. The van der Waals surface area contributed by atoms with Crippen molar-refractivity contribution in [3.8, 4) is 0 Å². The van der Waals surface area contributed by atoms with E-state index in [1.54, 1.807) is 0 Å². The first-order valence-corrected chi connectivity index (χ1v) is 49.9. The highest BCUT2D eigenvalue weighted by Gasteiger charge is 2.66. The molecule has 51 heteroatoms. The smallest absolute Gasteiger partial charge is 0.364 e. The summed E-state index contributed by atoms with van der Waals surface area (Å²) in [6.07, 6.45) is -55.1. The fourth-order valence-corrected chi connectivity index (χ4v) is 19.3. The Labute approximate surface area is 828 Å². The van der Waals surface area contributed by atoms with Crippen molar-refractivity contribution in [1.82, 2.24) is 21.3 Å². The first-order valence-electron chi connectivity index (χ1n) is 49.9. The number of carboxylic acid groups (broad SMARTS) is 3. The van der Waals surface area contributed by atoms with E-state index < -0.39 is 369 Å². The van der Waals surface area contributed by atoms with Gasteiger partial charge in [-0.15, -0.1) is 0 Å². The molecule has 0 saturated carbocycles. The highest BCUT2D eigenvalue weighted by molar-refractivity contribution is 5.79. The summed E-state index contributed by atoms with van der Waals surface area (Å²) in [4.78, 5) is 107. The molecule has 7 aliphatic rings. The van der Waals surface area contributed by atoms with Crippen molar-refractivity contribution in [2.75, 3.05) is 52.9 Å². The van der Waals surface area contributed by atoms with Gasteiger partial charge in [-0.3, -0.25) is 19.2 Å². The molecule has 0 spiro atoms. The molecule has 143 heavy (non-hydrogen) atoms. The van der Waals surface area contributed by atoms with Gasteiger partial charge in [-0.05, 0) is 19.8 Å². The van der Waals surface area contributed by atoms with Crippen LogP contribution in [0.3, 0.4) is 0 Å². The van der Waals surface area contributed by atoms with Gasteiger partial charge in [0.1, 0.15) is 146 Å². The molecular formula is C92H160N4O47. The van der Waals surface area contributed by atoms with Crippen molar-refractivity contribution in [3.05, 3.63) is 0 Å². The number of rotatable bonds is 64. The number of aliphatic hydroxyl groups excluding tert-OH is 22. The summed E-state index contributed by atoms with van der Waals surface area (Å²) >= 11 is 0. The number of ether oxygens (including phenoxy) is 14. The molecule has 40 unspecified atom stereocenters. The molecule has 7 aliphatic heterocycles. The number of aliphatic hydroxyl groups is 22. The number of unbranched alkanes of at least 4 members (excludes halogenated alkanes) is 22. The minimum absolute atomic E-state index is 0.0718. The van der Waals surface area contributed by atoms with Gasteiger partial charge in [0.25, 0.3) is 17.4 Å². The second-order valence-corrected chi connectivity index (χ2v) is 38.5. The third-order valence-electron chi connectivity index (χ3n) is 27.2. The number of aliphatic carboxylic acids is 3. The zero-order chi connectivity index (χ0) is 106. The van der Waals surface area contributed by atoms with Crippen molar-refractivity contribution in [2.45, 2.75) is 472 Å².